The smallest absolute Gasteiger partial charge is 0.255 e. The summed E-state index contributed by atoms with van der Waals surface area (Å²) in [4.78, 5) is 16.8. The fourth-order valence-corrected chi connectivity index (χ4v) is 4.15. The van der Waals surface area contributed by atoms with E-state index in [-0.39, 0.29) is 5.91 Å². The molecule has 3 rings (SSSR count). The second-order valence-electron chi connectivity index (χ2n) is 6.85. The Morgan fingerprint density at radius 1 is 1.07 bits per heavy atom. The van der Waals surface area contributed by atoms with Gasteiger partial charge in [-0.05, 0) is 49.8 Å². The van der Waals surface area contributed by atoms with Gasteiger partial charge < -0.3 is 5.32 Å². The number of benzene rings is 2. The summed E-state index contributed by atoms with van der Waals surface area (Å²) in [6.07, 6.45) is 3.21. The van der Waals surface area contributed by atoms with E-state index in [4.69, 9.17) is 0 Å². The number of hydrogen-bond acceptors (Lipinski definition) is 5. The Labute approximate surface area is 174 Å². The van der Waals surface area contributed by atoms with Gasteiger partial charge in [-0.1, -0.05) is 30.3 Å². The second kappa shape index (κ2) is 8.59. The van der Waals surface area contributed by atoms with Crippen LogP contribution in [0.25, 0.3) is 6.08 Å². The lowest BCUT2D eigenvalue weighted by Crippen LogP contribution is -2.40. The van der Waals surface area contributed by atoms with Crippen molar-refractivity contribution in [3.63, 3.8) is 0 Å². The molecule has 3 aromatic rings. The molecule has 0 atom stereocenters. The summed E-state index contributed by atoms with van der Waals surface area (Å²) in [5.74, 6) is -0.261. The molecule has 2 N–H and O–H groups in total. The number of rotatable bonds is 7. The van der Waals surface area contributed by atoms with Crippen molar-refractivity contribution in [2.24, 2.45) is 0 Å². The normalized spacial score (nSPS) is 12.1. The summed E-state index contributed by atoms with van der Waals surface area (Å²) >= 11 is 1.47. The fraction of sp³-hybridized carbons (Fsp3) is 0.143. The van der Waals surface area contributed by atoms with Crippen LogP contribution in [0.2, 0.25) is 0 Å². The Bertz CT molecular complexity index is 1090. The lowest BCUT2D eigenvalue weighted by molar-refractivity contribution is 0.0912. The van der Waals surface area contributed by atoms with Gasteiger partial charge in [-0.3, -0.25) is 9.52 Å². The molecule has 1 aromatic heterocycles. The van der Waals surface area contributed by atoms with Crippen LogP contribution < -0.4 is 10.0 Å². The van der Waals surface area contributed by atoms with Crippen LogP contribution in [0.5, 0.6) is 0 Å². The van der Waals surface area contributed by atoms with E-state index < -0.39 is 15.6 Å². The molecule has 0 saturated carbocycles. The Morgan fingerprint density at radius 3 is 2.38 bits per heavy atom. The first-order valence-corrected chi connectivity index (χ1v) is 11.3. The molecule has 150 valence electrons. The van der Waals surface area contributed by atoms with E-state index in [1.807, 2.05) is 49.6 Å². The number of sulfonamides is 1. The maximum absolute atomic E-state index is 12.5. The first-order valence-electron chi connectivity index (χ1n) is 8.84. The monoisotopic (exact) mass is 427 g/mol. The van der Waals surface area contributed by atoms with Crippen LogP contribution in [-0.4, -0.2) is 19.3 Å². The summed E-state index contributed by atoms with van der Waals surface area (Å²) < 4.78 is 26.9. The highest BCUT2D eigenvalue weighted by Crippen LogP contribution is 2.23. The molecule has 0 aliphatic rings. The average molecular weight is 428 g/mol. The topological polar surface area (TPSA) is 88.2 Å². The minimum Gasteiger partial charge on any atom is -0.341 e. The Kier molecular flexibility index (Phi) is 6.14. The molecule has 0 saturated heterocycles. The molecule has 0 aliphatic heterocycles. The molecule has 1 heterocycles. The van der Waals surface area contributed by atoms with Crippen LogP contribution in [0.15, 0.2) is 71.6 Å². The lowest BCUT2D eigenvalue weighted by atomic mass is 10.1. The number of anilines is 1. The van der Waals surface area contributed by atoms with Crippen molar-refractivity contribution < 1.29 is 13.2 Å². The molecule has 29 heavy (non-hydrogen) atoms. The Balaban J connectivity index is 1.65. The summed E-state index contributed by atoms with van der Waals surface area (Å²) in [5.41, 5.74) is 0.983. The van der Waals surface area contributed by atoms with Crippen molar-refractivity contribution in [2.45, 2.75) is 19.4 Å². The molecular formula is C21H21N3O3S2. The van der Waals surface area contributed by atoms with Crippen LogP contribution in [-0.2, 0) is 15.6 Å². The number of aromatic nitrogens is 1. The highest BCUT2D eigenvalue weighted by Gasteiger charge is 2.25. The molecule has 8 heteroatoms. The van der Waals surface area contributed by atoms with E-state index in [1.54, 1.807) is 30.5 Å². The number of amides is 1. The van der Waals surface area contributed by atoms with Crippen molar-refractivity contribution in [2.75, 3.05) is 4.72 Å². The van der Waals surface area contributed by atoms with Crippen molar-refractivity contribution in [3.05, 3.63) is 87.7 Å². The van der Waals surface area contributed by atoms with Crippen LogP contribution in [0.4, 0.5) is 5.69 Å². The number of nitrogens with one attached hydrogen (secondary N) is 2. The summed E-state index contributed by atoms with van der Waals surface area (Å²) in [6, 6.07) is 15.4. The minimum atomic E-state index is -3.66. The predicted octanol–water partition coefficient (Wildman–Crippen LogP) is 4.22. The van der Waals surface area contributed by atoms with Gasteiger partial charge >= 0.3 is 0 Å². The number of thiazole rings is 1. The number of hydrogen-bond donors (Lipinski definition) is 2. The van der Waals surface area contributed by atoms with Gasteiger partial charge in [-0.2, -0.15) is 0 Å². The van der Waals surface area contributed by atoms with Crippen molar-refractivity contribution in [3.8, 4) is 0 Å². The Hall–Kier alpha value is -2.97. The van der Waals surface area contributed by atoms with Crippen molar-refractivity contribution in [1.82, 2.24) is 10.3 Å². The fourth-order valence-electron chi connectivity index (χ4n) is 2.56. The van der Waals surface area contributed by atoms with E-state index in [0.29, 0.717) is 11.3 Å². The number of nitrogens with zero attached hydrogens (tertiary/aromatic N) is 1. The zero-order chi connectivity index (χ0) is 20.9. The standard InChI is InChI=1S/C21H21N3O3S2/c1-21(2,20-22-13-14-28-20)23-19(25)17-8-10-18(11-9-17)24-29(26,27)15-12-16-6-4-3-5-7-16/h3-15,24H,1-2H3,(H,23,25)/b15-12+. The third kappa shape index (κ3) is 5.75. The number of carbonyl (C=O) groups excluding carboxylic acids is 1. The molecule has 2 aromatic carbocycles. The maximum atomic E-state index is 12.5. The lowest BCUT2D eigenvalue weighted by Gasteiger charge is -2.23. The Morgan fingerprint density at radius 2 is 1.76 bits per heavy atom. The van der Waals surface area contributed by atoms with Gasteiger partial charge in [0.15, 0.2) is 0 Å². The molecule has 1 amide bonds. The largest absolute Gasteiger partial charge is 0.341 e. The molecular weight excluding hydrogens is 406 g/mol. The van der Waals surface area contributed by atoms with Gasteiger partial charge in [0.05, 0.1) is 10.9 Å². The summed E-state index contributed by atoms with van der Waals surface area (Å²) in [7, 11) is -3.66. The van der Waals surface area contributed by atoms with E-state index in [9.17, 15) is 13.2 Å². The number of carbonyl (C=O) groups is 1. The van der Waals surface area contributed by atoms with E-state index in [1.165, 1.54) is 17.4 Å². The van der Waals surface area contributed by atoms with Crippen LogP contribution >= 0.6 is 11.3 Å². The highest BCUT2D eigenvalue weighted by atomic mass is 32.2. The second-order valence-corrected chi connectivity index (χ2v) is 9.32. The zero-order valence-electron chi connectivity index (χ0n) is 16.0. The van der Waals surface area contributed by atoms with E-state index in [2.05, 4.69) is 15.0 Å². The van der Waals surface area contributed by atoms with Gasteiger partial charge in [-0.25, -0.2) is 13.4 Å². The molecule has 0 aliphatic carbocycles. The minimum absolute atomic E-state index is 0.261. The van der Waals surface area contributed by atoms with Crippen LogP contribution in [0.1, 0.15) is 34.8 Å². The third-order valence-electron chi connectivity index (χ3n) is 4.04. The third-order valence-corrected chi connectivity index (χ3v) is 6.15. The summed E-state index contributed by atoms with van der Waals surface area (Å²) in [6.45, 7) is 3.76. The highest BCUT2D eigenvalue weighted by molar-refractivity contribution is 7.95. The predicted molar refractivity (Wildman–Crippen MR) is 117 cm³/mol. The van der Waals surface area contributed by atoms with Gasteiger partial charge in [-0.15, -0.1) is 11.3 Å². The van der Waals surface area contributed by atoms with Crippen LogP contribution in [0.3, 0.4) is 0 Å². The molecule has 0 spiro atoms. The summed E-state index contributed by atoms with van der Waals surface area (Å²) in [5, 5.41) is 6.71. The van der Waals surface area contributed by atoms with Gasteiger partial charge in [0.25, 0.3) is 15.9 Å². The van der Waals surface area contributed by atoms with Crippen LogP contribution in [0, 0.1) is 0 Å². The quantitative estimate of drug-likeness (QED) is 0.591. The first kappa shape index (κ1) is 20.8. The SMILES string of the molecule is CC(C)(NC(=O)c1ccc(NS(=O)(=O)/C=C/c2ccccc2)cc1)c1nccs1. The molecule has 0 unspecified atom stereocenters. The van der Waals surface area contributed by atoms with Crippen molar-refractivity contribution >= 4 is 39.0 Å². The maximum Gasteiger partial charge on any atom is 0.255 e. The molecule has 0 fully saturated rings. The van der Waals surface area contributed by atoms with Gasteiger partial charge in [0, 0.05) is 22.8 Å². The average Bonchev–Trinajstić information content (AvgIpc) is 3.23. The molecule has 0 bridgehead atoms. The molecule has 0 radical (unpaired) electrons. The van der Waals surface area contributed by atoms with Gasteiger partial charge in [0.2, 0.25) is 0 Å². The molecule has 6 nitrogen and oxygen atoms in total. The first-order chi connectivity index (χ1) is 13.8. The zero-order valence-corrected chi connectivity index (χ0v) is 17.6. The van der Waals surface area contributed by atoms with E-state index in [0.717, 1.165) is 16.0 Å². The van der Waals surface area contributed by atoms with Crippen molar-refractivity contribution in [1.29, 1.82) is 0 Å². The van der Waals surface area contributed by atoms with E-state index >= 15 is 0 Å². The van der Waals surface area contributed by atoms with Gasteiger partial charge in [0.1, 0.15) is 5.01 Å².